The molecule has 0 amide bonds. The lowest BCUT2D eigenvalue weighted by atomic mass is 9.81. The molecule has 2 fully saturated rings. The van der Waals surface area contributed by atoms with Crippen LogP contribution in [0.4, 0.5) is 0 Å². The van der Waals surface area contributed by atoms with Crippen molar-refractivity contribution in [2.24, 2.45) is 22.3 Å². The van der Waals surface area contributed by atoms with Gasteiger partial charge in [-0.2, -0.15) is 0 Å². The maximum Gasteiger partial charge on any atom is 0.310 e. The first-order valence-electron chi connectivity index (χ1n) is 9.62. The highest BCUT2D eigenvalue weighted by atomic mass is 33.1. The molecule has 0 radical (unpaired) electrons. The van der Waals surface area contributed by atoms with Crippen molar-refractivity contribution in [3.8, 4) is 0 Å². The molecule has 0 aromatic heterocycles. The average Bonchev–Trinajstić information content (AvgIpc) is 3.21. The Morgan fingerprint density at radius 2 is 1.23 bits per heavy atom. The summed E-state index contributed by atoms with van der Waals surface area (Å²) in [6.45, 7) is 1.01. The van der Waals surface area contributed by atoms with Gasteiger partial charge in [0.05, 0.1) is 10.8 Å². The van der Waals surface area contributed by atoms with Crippen molar-refractivity contribution in [3.63, 3.8) is 0 Å². The van der Waals surface area contributed by atoms with E-state index in [2.05, 4.69) is 0 Å². The normalized spacial score (nSPS) is 34.2. The van der Waals surface area contributed by atoms with Gasteiger partial charge in [-0.25, -0.2) is 0 Å². The lowest BCUT2D eigenvalue weighted by molar-refractivity contribution is -0.149. The monoisotopic (exact) mass is 404 g/mol. The van der Waals surface area contributed by atoms with Crippen LogP contribution in [0.2, 0.25) is 0 Å². The van der Waals surface area contributed by atoms with E-state index in [1.165, 1.54) is 0 Å². The smallest absolute Gasteiger partial charge is 0.310 e. The summed E-state index contributed by atoms with van der Waals surface area (Å²) in [5.74, 6) is -1.44. The molecule has 4 atom stereocenters. The first kappa shape index (κ1) is 21.9. The molecule has 6 nitrogen and oxygen atoms in total. The van der Waals surface area contributed by atoms with Crippen molar-refractivity contribution in [2.75, 3.05) is 13.1 Å². The lowest BCUT2D eigenvalue weighted by Gasteiger charge is -2.34. The van der Waals surface area contributed by atoms with E-state index in [1.807, 2.05) is 0 Å². The second-order valence-corrected chi connectivity index (χ2v) is 10.3. The zero-order valence-electron chi connectivity index (χ0n) is 15.3. The number of carboxylic acid groups (broad SMARTS) is 2. The third-order valence-electron chi connectivity index (χ3n) is 6.20. The van der Waals surface area contributed by atoms with Crippen LogP contribution in [0.25, 0.3) is 0 Å². The Hall–Kier alpha value is -0.440. The standard InChI is InChI=1S/C18H32N2O4S2/c19-11-3-9-17(15(21)22)7-1-5-13(17)25-26-14-6-2-8-18(14,16(23)24)10-4-12-20/h13-14H,1-12,19-20H2,(H,21,22)(H,23,24)/t13-,14-,17-,18-/m0/s1. The van der Waals surface area contributed by atoms with E-state index in [1.54, 1.807) is 21.6 Å². The minimum atomic E-state index is -0.722. The molecule has 0 bridgehead atoms. The van der Waals surface area contributed by atoms with Gasteiger partial charge in [0.25, 0.3) is 0 Å². The Labute approximate surface area is 163 Å². The highest BCUT2D eigenvalue weighted by Gasteiger charge is 2.52. The van der Waals surface area contributed by atoms with Gasteiger partial charge >= 0.3 is 11.9 Å². The highest BCUT2D eigenvalue weighted by Crippen LogP contribution is 2.57. The van der Waals surface area contributed by atoms with Gasteiger partial charge in [-0.15, -0.1) is 0 Å². The van der Waals surface area contributed by atoms with Gasteiger partial charge < -0.3 is 21.7 Å². The SMILES string of the molecule is NCCC[C@@]1(C(=O)O)CCC[C@@H]1SS[C@H]1CCC[C@@]1(CCCN)C(=O)O. The quantitative estimate of drug-likeness (QED) is 0.387. The van der Waals surface area contributed by atoms with Crippen molar-refractivity contribution in [1.29, 1.82) is 0 Å². The number of hydrogen-bond acceptors (Lipinski definition) is 6. The summed E-state index contributed by atoms with van der Waals surface area (Å²) in [7, 11) is 3.24. The Bertz CT molecular complexity index is 464. The predicted molar refractivity (Wildman–Crippen MR) is 107 cm³/mol. The summed E-state index contributed by atoms with van der Waals surface area (Å²) in [6, 6.07) is 0. The second kappa shape index (κ2) is 9.66. The summed E-state index contributed by atoms with van der Waals surface area (Å²) in [6.07, 6.45) is 7.63. The number of hydrogen-bond donors (Lipinski definition) is 4. The van der Waals surface area contributed by atoms with Gasteiger partial charge in [-0.1, -0.05) is 34.4 Å². The summed E-state index contributed by atoms with van der Waals surface area (Å²) in [5, 5.41) is 19.8. The number of rotatable bonds is 11. The largest absolute Gasteiger partial charge is 0.481 e. The van der Waals surface area contributed by atoms with E-state index in [-0.39, 0.29) is 10.5 Å². The fourth-order valence-electron chi connectivity index (χ4n) is 4.61. The molecule has 0 aromatic rings. The lowest BCUT2D eigenvalue weighted by Crippen LogP contribution is -2.38. The maximum absolute atomic E-state index is 12.0. The van der Waals surface area contributed by atoms with E-state index >= 15 is 0 Å². The van der Waals surface area contributed by atoms with Gasteiger partial charge in [0.15, 0.2) is 0 Å². The molecule has 0 unspecified atom stereocenters. The van der Waals surface area contributed by atoms with Crippen molar-refractivity contribution in [1.82, 2.24) is 0 Å². The van der Waals surface area contributed by atoms with Crippen LogP contribution in [0.1, 0.15) is 64.2 Å². The summed E-state index contributed by atoms with van der Waals surface area (Å²) in [5.41, 5.74) is 9.82. The zero-order chi connectivity index (χ0) is 19.2. The maximum atomic E-state index is 12.0. The van der Waals surface area contributed by atoms with Crippen LogP contribution in [0, 0.1) is 10.8 Å². The molecule has 0 saturated heterocycles. The van der Waals surface area contributed by atoms with E-state index in [9.17, 15) is 19.8 Å². The molecule has 150 valence electrons. The van der Waals surface area contributed by atoms with Crippen molar-refractivity contribution in [3.05, 3.63) is 0 Å². The van der Waals surface area contributed by atoms with Gasteiger partial charge in [0.2, 0.25) is 0 Å². The molecular weight excluding hydrogens is 372 g/mol. The van der Waals surface area contributed by atoms with Crippen LogP contribution in [0.15, 0.2) is 0 Å². The number of aliphatic carboxylic acids is 2. The molecule has 0 spiro atoms. The topological polar surface area (TPSA) is 127 Å². The van der Waals surface area contributed by atoms with Gasteiger partial charge in [-0.05, 0) is 64.5 Å². The molecule has 8 heteroatoms. The Morgan fingerprint density at radius 1 is 0.846 bits per heavy atom. The van der Waals surface area contributed by atoms with Crippen LogP contribution in [0.3, 0.4) is 0 Å². The van der Waals surface area contributed by atoms with E-state index in [0.29, 0.717) is 51.6 Å². The predicted octanol–water partition coefficient (Wildman–Crippen LogP) is 3.09. The van der Waals surface area contributed by atoms with Crippen molar-refractivity contribution in [2.45, 2.75) is 74.7 Å². The minimum Gasteiger partial charge on any atom is -0.481 e. The van der Waals surface area contributed by atoms with Crippen LogP contribution in [-0.4, -0.2) is 45.7 Å². The van der Waals surface area contributed by atoms with Crippen LogP contribution >= 0.6 is 21.6 Å². The van der Waals surface area contributed by atoms with Crippen molar-refractivity contribution < 1.29 is 19.8 Å². The number of carboxylic acids is 2. The van der Waals surface area contributed by atoms with Gasteiger partial charge in [-0.3, -0.25) is 9.59 Å². The summed E-state index contributed by atoms with van der Waals surface area (Å²) in [4.78, 5) is 24.1. The molecule has 26 heavy (non-hydrogen) atoms. The first-order valence-corrected chi connectivity index (χ1v) is 11.9. The fraction of sp³-hybridized carbons (Fsp3) is 0.889. The summed E-state index contributed by atoms with van der Waals surface area (Å²) < 4.78 is 0. The summed E-state index contributed by atoms with van der Waals surface area (Å²) >= 11 is 0. The van der Waals surface area contributed by atoms with Crippen LogP contribution < -0.4 is 11.5 Å². The highest BCUT2D eigenvalue weighted by molar-refractivity contribution is 8.77. The fourth-order valence-corrected chi connectivity index (χ4v) is 8.93. The van der Waals surface area contributed by atoms with E-state index in [4.69, 9.17) is 11.5 Å². The Balaban J connectivity index is 2.07. The molecule has 0 aromatic carbocycles. The van der Waals surface area contributed by atoms with E-state index < -0.39 is 22.8 Å². The van der Waals surface area contributed by atoms with Crippen LogP contribution in [-0.2, 0) is 9.59 Å². The van der Waals surface area contributed by atoms with Gasteiger partial charge in [0, 0.05) is 10.5 Å². The number of carbonyl (C=O) groups is 2. The first-order chi connectivity index (χ1) is 12.4. The molecule has 6 N–H and O–H groups in total. The average molecular weight is 405 g/mol. The van der Waals surface area contributed by atoms with Crippen LogP contribution in [0.5, 0.6) is 0 Å². The molecule has 2 rings (SSSR count). The minimum absolute atomic E-state index is 0.0261. The second-order valence-electron chi connectivity index (χ2n) is 7.66. The molecule has 2 saturated carbocycles. The van der Waals surface area contributed by atoms with Crippen molar-refractivity contribution >= 4 is 33.5 Å². The molecule has 0 aliphatic heterocycles. The molecule has 0 heterocycles. The van der Waals surface area contributed by atoms with Gasteiger partial charge in [0.1, 0.15) is 0 Å². The number of nitrogens with two attached hydrogens (primary N) is 2. The third kappa shape index (κ3) is 4.34. The molecule has 2 aliphatic carbocycles. The zero-order valence-corrected chi connectivity index (χ0v) is 17.0. The van der Waals surface area contributed by atoms with E-state index in [0.717, 1.165) is 25.7 Å². The Kier molecular flexibility index (Phi) is 8.12. The third-order valence-corrected chi connectivity index (χ3v) is 9.88. The Morgan fingerprint density at radius 3 is 1.54 bits per heavy atom. The molecule has 2 aliphatic rings. The molecular formula is C18H32N2O4S2.